The van der Waals surface area contributed by atoms with Gasteiger partial charge in [0.25, 0.3) is 0 Å². The van der Waals surface area contributed by atoms with Crippen LogP contribution in [0.5, 0.6) is 0 Å². The average molecular weight is 296 g/mol. The van der Waals surface area contributed by atoms with Crippen LogP contribution in [-0.2, 0) is 9.53 Å². The lowest BCUT2D eigenvalue weighted by Gasteiger charge is -2.19. The summed E-state index contributed by atoms with van der Waals surface area (Å²) < 4.78 is 5.44. The SMILES string of the molecule is CCCSc1ccc(N)c(NC(=O)COC(C)(C)C)c1. The lowest BCUT2D eigenvalue weighted by molar-refractivity contribution is -0.125. The van der Waals surface area contributed by atoms with Crippen molar-refractivity contribution in [1.29, 1.82) is 0 Å². The molecule has 112 valence electrons. The molecule has 0 saturated heterocycles. The molecule has 0 bridgehead atoms. The van der Waals surface area contributed by atoms with Crippen molar-refractivity contribution in [3.63, 3.8) is 0 Å². The van der Waals surface area contributed by atoms with E-state index in [9.17, 15) is 4.79 Å². The normalized spacial score (nSPS) is 11.4. The topological polar surface area (TPSA) is 64.3 Å². The third-order valence-corrected chi connectivity index (χ3v) is 3.61. The highest BCUT2D eigenvalue weighted by molar-refractivity contribution is 7.99. The van der Waals surface area contributed by atoms with E-state index in [0.29, 0.717) is 11.4 Å². The molecule has 1 amide bonds. The lowest BCUT2D eigenvalue weighted by atomic mass is 10.2. The quantitative estimate of drug-likeness (QED) is 0.622. The van der Waals surface area contributed by atoms with Crippen molar-refractivity contribution >= 4 is 29.0 Å². The first-order valence-electron chi connectivity index (χ1n) is 6.78. The molecule has 1 rings (SSSR count). The third-order valence-electron chi connectivity index (χ3n) is 2.41. The first-order valence-corrected chi connectivity index (χ1v) is 7.76. The second-order valence-electron chi connectivity index (χ2n) is 5.55. The molecule has 0 atom stereocenters. The summed E-state index contributed by atoms with van der Waals surface area (Å²) in [5, 5.41) is 2.80. The Morgan fingerprint density at radius 2 is 2.10 bits per heavy atom. The zero-order valence-corrected chi connectivity index (χ0v) is 13.5. The maximum absolute atomic E-state index is 11.8. The van der Waals surface area contributed by atoms with Gasteiger partial charge in [-0.05, 0) is 51.1 Å². The molecule has 1 aromatic rings. The number of anilines is 2. The number of benzene rings is 1. The molecule has 20 heavy (non-hydrogen) atoms. The van der Waals surface area contributed by atoms with Crippen LogP contribution in [0.3, 0.4) is 0 Å². The molecule has 0 unspecified atom stereocenters. The fourth-order valence-electron chi connectivity index (χ4n) is 1.42. The molecule has 0 fully saturated rings. The Morgan fingerprint density at radius 1 is 1.40 bits per heavy atom. The van der Waals surface area contributed by atoms with Crippen LogP contribution in [0.25, 0.3) is 0 Å². The number of carbonyl (C=O) groups excluding carboxylic acids is 1. The van der Waals surface area contributed by atoms with Gasteiger partial charge in [0.15, 0.2) is 0 Å². The van der Waals surface area contributed by atoms with E-state index < -0.39 is 0 Å². The highest BCUT2D eigenvalue weighted by Gasteiger charge is 2.13. The maximum atomic E-state index is 11.8. The van der Waals surface area contributed by atoms with Gasteiger partial charge < -0.3 is 15.8 Å². The van der Waals surface area contributed by atoms with E-state index in [2.05, 4.69) is 12.2 Å². The first-order chi connectivity index (χ1) is 9.31. The Hall–Kier alpha value is -1.20. The average Bonchev–Trinajstić information content (AvgIpc) is 2.36. The smallest absolute Gasteiger partial charge is 0.250 e. The van der Waals surface area contributed by atoms with Crippen LogP contribution in [0.2, 0.25) is 0 Å². The molecule has 0 aromatic heterocycles. The van der Waals surface area contributed by atoms with Crippen LogP contribution in [-0.4, -0.2) is 23.9 Å². The minimum Gasteiger partial charge on any atom is -0.397 e. The number of carbonyl (C=O) groups is 1. The van der Waals surface area contributed by atoms with E-state index >= 15 is 0 Å². The van der Waals surface area contributed by atoms with Crippen molar-refractivity contribution in [1.82, 2.24) is 0 Å². The Kier molecular flexibility index (Phi) is 6.36. The van der Waals surface area contributed by atoms with Crippen LogP contribution < -0.4 is 11.1 Å². The summed E-state index contributed by atoms with van der Waals surface area (Å²) in [6.07, 6.45) is 1.11. The van der Waals surface area contributed by atoms with Gasteiger partial charge in [0.1, 0.15) is 6.61 Å². The van der Waals surface area contributed by atoms with Crippen LogP contribution in [0, 0.1) is 0 Å². The van der Waals surface area contributed by atoms with Gasteiger partial charge in [-0.1, -0.05) is 6.92 Å². The number of nitrogen functional groups attached to an aromatic ring is 1. The minimum atomic E-state index is -0.332. The zero-order valence-electron chi connectivity index (χ0n) is 12.7. The van der Waals surface area contributed by atoms with Crippen LogP contribution in [0.4, 0.5) is 11.4 Å². The van der Waals surface area contributed by atoms with Crippen LogP contribution in [0.1, 0.15) is 34.1 Å². The molecule has 1 aromatic carbocycles. The molecule has 0 aliphatic heterocycles. The molecule has 4 nitrogen and oxygen atoms in total. The maximum Gasteiger partial charge on any atom is 0.250 e. The Morgan fingerprint density at radius 3 is 2.70 bits per heavy atom. The van der Waals surface area contributed by atoms with Gasteiger partial charge in [-0.15, -0.1) is 11.8 Å². The summed E-state index contributed by atoms with van der Waals surface area (Å²) in [5.41, 5.74) is 6.76. The van der Waals surface area contributed by atoms with Crippen LogP contribution in [0.15, 0.2) is 23.1 Å². The van der Waals surface area contributed by atoms with E-state index in [0.717, 1.165) is 17.1 Å². The number of nitrogens with two attached hydrogens (primary N) is 1. The molecule has 3 N–H and O–H groups in total. The predicted octanol–water partition coefficient (Wildman–Crippen LogP) is 3.52. The monoisotopic (exact) mass is 296 g/mol. The van der Waals surface area contributed by atoms with E-state index in [4.69, 9.17) is 10.5 Å². The van der Waals surface area contributed by atoms with Crippen molar-refractivity contribution < 1.29 is 9.53 Å². The van der Waals surface area contributed by atoms with Gasteiger partial charge >= 0.3 is 0 Å². The molecule has 5 heteroatoms. The van der Waals surface area contributed by atoms with Gasteiger partial charge in [0.2, 0.25) is 5.91 Å². The summed E-state index contributed by atoms with van der Waals surface area (Å²) in [7, 11) is 0. The molecule has 0 saturated carbocycles. The Bertz CT molecular complexity index is 456. The molecule has 0 aliphatic rings. The van der Waals surface area contributed by atoms with E-state index in [1.807, 2.05) is 39.0 Å². The third kappa shape index (κ3) is 6.30. The number of hydrogen-bond donors (Lipinski definition) is 2. The molecular formula is C15H24N2O2S. The lowest BCUT2D eigenvalue weighted by Crippen LogP contribution is -2.27. The van der Waals surface area contributed by atoms with Gasteiger partial charge in [0.05, 0.1) is 17.0 Å². The number of thioether (sulfide) groups is 1. The number of amides is 1. The highest BCUT2D eigenvalue weighted by atomic mass is 32.2. The Balaban J connectivity index is 2.63. The summed E-state index contributed by atoms with van der Waals surface area (Å²) in [5.74, 6) is 0.856. The van der Waals surface area contributed by atoms with Gasteiger partial charge in [-0.2, -0.15) is 0 Å². The van der Waals surface area contributed by atoms with Gasteiger partial charge in [0, 0.05) is 4.90 Å². The van der Waals surface area contributed by atoms with Gasteiger partial charge in [-0.25, -0.2) is 0 Å². The number of rotatable bonds is 6. The fraction of sp³-hybridized carbons (Fsp3) is 0.533. The predicted molar refractivity (Wildman–Crippen MR) is 86.2 cm³/mol. The summed E-state index contributed by atoms with van der Waals surface area (Å²) in [4.78, 5) is 12.9. The molecule has 0 aliphatic carbocycles. The van der Waals surface area contributed by atoms with Crippen molar-refractivity contribution in [2.45, 2.75) is 44.6 Å². The minimum absolute atomic E-state index is 0.0231. The summed E-state index contributed by atoms with van der Waals surface area (Å²) >= 11 is 1.75. The largest absolute Gasteiger partial charge is 0.397 e. The van der Waals surface area contributed by atoms with Crippen LogP contribution >= 0.6 is 11.8 Å². The Labute approximate surface area is 125 Å². The first kappa shape index (κ1) is 16.9. The van der Waals surface area contributed by atoms with Crippen molar-refractivity contribution in [3.05, 3.63) is 18.2 Å². The standard InChI is InChI=1S/C15H24N2O2S/c1-5-8-20-11-6-7-12(16)13(9-11)17-14(18)10-19-15(2,3)4/h6-7,9H,5,8,10,16H2,1-4H3,(H,17,18). The zero-order chi connectivity index (χ0) is 15.2. The summed E-state index contributed by atoms with van der Waals surface area (Å²) in [6.45, 7) is 7.90. The van der Waals surface area contributed by atoms with Gasteiger partial charge in [-0.3, -0.25) is 4.79 Å². The van der Waals surface area contributed by atoms with Crippen molar-refractivity contribution in [2.75, 3.05) is 23.4 Å². The van der Waals surface area contributed by atoms with E-state index in [1.165, 1.54) is 0 Å². The fourth-order valence-corrected chi connectivity index (χ4v) is 2.23. The molecule has 0 heterocycles. The molecule has 0 radical (unpaired) electrons. The number of ether oxygens (including phenoxy) is 1. The molecular weight excluding hydrogens is 272 g/mol. The van der Waals surface area contributed by atoms with E-state index in [1.54, 1.807) is 11.8 Å². The van der Waals surface area contributed by atoms with Crippen molar-refractivity contribution in [2.24, 2.45) is 0 Å². The number of nitrogens with one attached hydrogen (secondary N) is 1. The second kappa shape index (κ2) is 7.55. The van der Waals surface area contributed by atoms with Crippen molar-refractivity contribution in [3.8, 4) is 0 Å². The summed E-state index contributed by atoms with van der Waals surface area (Å²) in [6, 6.07) is 5.69. The molecule has 0 spiro atoms. The highest BCUT2D eigenvalue weighted by Crippen LogP contribution is 2.27. The second-order valence-corrected chi connectivity index (χ2v) is 6.72. The number of hydrogen-bond acceptors (Lipinski definition) is 4. The van der Waals surface area contributed by atoms with E-state index in [-0.39, 0.29) is 18.1 Å².